The monoisotopic (exact) mass is 313 g/mol. The fourth-order valence-electron chi connectivity index (χ4n) is 2.71. The lowest BCUT2D eigenvalue weighted by Crippen LogP contribution is -2.45. The van der Waals surface area contributed by atoms with E-state index >= 15 is 0 Å². The molecule has 118 valence electrons. The largest absolute Gasteiger partial charge is 0.343 e. The molecule has 0 aromatic carbocycles. The molecule has 1 saturated heterocycles. The highest BCUT2D eigenvalue weighted by atomic mass is 35.5. The summed E-state index contributed by atoms with van der Waals surface area (Å²) in [5.41, 5.74) is 0. The zero-order valence-electron chi connectivity index (χ0n) is 12.3. The van der Waals surface area contributed by atoms with Gasteiger partial charge in [-0.2, -0.15) is 0 Å². The minimum absolute atomic E-state index is 0. The van der Waals surface area contributed by atoms with Crippen molar-refractivity contribution in [3.8, 4) is 0 Å². The van der Waals surface area contributed by atoms with Gasteiger partial charge in [-0.25, -0.2) is 0 Å². The first-order valence-corrected chi connectivity index (χ1v) is 7.66. The zero-order chi connectivity index (χ0) is 13.8. The van der Waals surface area contributed by atoms with Crippen molar-refractivity contribution >= 4 is 18.3 Å². The summed E-state index contributed by atoms with van der Waals surface area (Å²) in [5.74, 6) is 1.17. The summed E-state index contributed by atoms with van der Waals surface area (Å²) in [6, 6.07) is 0.606. The second kappa shape index (κ2) is 7.75. The van der Waals surface area contributed by atoms with Crippen LogP contribution in [0.2, 0.25) is 0 Å². The Morgan fingerprint density at radius 2 is 2.00 bits per heavy atom. The number of piperidine rings is 1. The van der Waals surface area contributed by atoms with Crippen LogP contribution in [-0.2, 0) is 11.3 Å². The van der Waals surface area contributed by atoms with E-state index in [2.05, 4.69) is 15.6 Å². The Bertz CT molecular complexity index is 427. The fraction of sp³-hybridized carbons (Fsp3) is 0.786. The smallest absolute Gasteiger partial charge is 0.224 e. The van der Waals surface area contributed by atoms with Gasteiger partial charge in [0.25, 0.3) is 0 Å². The van der Waals surface area contributed by atoms with Gasteiger partial charge in [0.15, 0.2) is 0 Å². The highest BCUT2D eigenvalue weighted by Crippen LogP contribution is 2.28. The molecule has 1 aromatic heterocycles. The molecule has 1 saturated carbocycles. The molecule has 6 nitrogen and oxygen atoms in total. The Morgan fingerprint density at radius 1 is 1.24 bits per heavy atom. The number of likely N-dealkylation sites (tertiary alicyclic amines) is 1. The number of carbonyl (C=O) groups excluding carboxylic acids is 1. The molecule has 0 bridgehead atoms. The van der Waals surface area contributed by atoms with Crippen molar-refractivity contribution in [1.29, 1.82) is 0 Å². The maximum Gasteiger partial charge on any atom is 0.224 e. The molecule has 7 heteroatoms. The number of carbonyl (C=O) groups is 1. The minimum atomic E-state index is 0. The Labute approximate surface area is 131 Å². The van der Waals surface area contributed by atoms with Gasteiger partial charge in [0.1, 0.15) is 0 Å². The average Bonchev–Trinajstić information content (AvgIpc) is 3.17. The summed E-state index contributed by atoms with van der Waals surface area (Å²) in [7, 11) is 0. The second-order valence-electron chi connectivity index (χ2n) is 5.92. The highest BCUT2D eigenvalue weighted by Gasteiger charge is 2.25. The van der Waals surface area contributed by atoms with Crippen LogP contribution in [0.15, 0.2) is 12.4 Å². The number of aromatic nitrogens is 3. The van der Waals surface area contributed by atoms with Gasteiger partial charge in [-0.1, -0.05) is 5.21 Å². The highest BCUT2D eigenvalue weighted by molar-refractivity contribution is 5.85. The summed E-state index contributed by atoms with van der Waals surface area (Å²) in [6.45, 7) is 3.57. The van der Waals surface area contributed by atoms with Gasteiger partial charge in [0, 0.05) is 31.7 Å². The van der Waals surface area contributed by atoms with Gasteiger partial charge in [-0.05, 0) is 38.1 Å². The third-order valence-electron chi connectivity index (χ3n) is 4.27. The van der Waals surface area contributed by atoms with Crippen LogP contribution in [0.25, 0.3) is 0 Å². The van der Waals surface area contributed by atoms with Crippen molar-refractivity contribution in [2.24, 2.45) is 5.92 Å². The number of hydrogen-bond acceptors (Lipinski definition) is 4. The van der Waals surface area contributed by atoms with Gasteiger partial charge >= 0.3 is 0 Å². The Kier molecular flexibility index (Phi) is 5.99. The third kappa shape index (κ3) is 4.97. The van der Waals surface area contributed by atoms with E-state index < -0.39 is 0 Å². The third-order valence-corrected chi connectivity index (χ3v) is 4.27. The number of amides is 1. The first-order valence-electron chi connectivity index (χ1n) is 7.66. The molecule has 21 heavy (non-hydrogen) atoms. The molecule has 1 aliphatic carbocycles. The molecule has 2 heterocycles. The van der Waals surface area contributed by atoms with E-state index in [-0.39, 0.29) is 18.3 Å². The van der Waals surface area contributed by atoms with Crippen LogP contribution in [0.5, 0.6) is 0 Å². The number of nitrogens with zero attached hydrogens (tertiary/aromatic N) is 4. The van der Waals surface area contributed by atoms with E-state index in [1.54, 1.807) is 17.1 Å². The van der Waals surface area contributed by atoms with Crippen LogP contribution in [-0.4, -0.2) is 51.5 Å². The van der Waals surface area contributed by atoms with E-state index in [9.17, 15) is 4.79 Å². The predicted molar refractivity (Wildman–Crippen MR) is 82.2 cm³/mol. The molecule has 3 rings (SSSR count). The van der Waals surface area contributed by atoms with Crippen LogP contribution in [0.3, 0.4) is 0 Å². The Hall–Kier alpha value is -1.14. The normalized spacial score (nSPS) is 19.3. The van der Waals surface area contributed by atoms with E-state index in [1.165, 1.54) is 19.4 Å². The summed E-state index contributed by atoms with van der Waals surface area (Å²) in [5, 5.41) is 11.3. The molecule has 0 radical (unpaired) electrons. The second-order valence-corrected chi connectivity index (χ2v) is 5.92. The molecule has 0 atom stereocenters. The number of rotatable bonds is 6. The van der Waals surface area contributed by atoms with Crippen molar-refractivity contribution in [3.63, 3.8) is 0 Å². The minimum Gasteiger partial charge on any atom is -0.343 e. The van der Waals surface area contributed by atoms with Crippen molar-refractivity contribution in [2.45, 2.75) is 44.7 Å². The maximum absolute atomic E-state index is 12.1. The Morgan fingerprint density at radius 3 is 2.62 bits per heavy atom. The number of halogens is 1. The van der Waals surface area contributed by atoms with Gasteiger partial charge in [0.05, 0.1) is 12.7 Å². The fourth-order valence-corrected chi connectivity index (χ4v) is 2.71. The SMILES string of the molecule is Cl.O=C(CCn1ccnn1)N1CCC(NCC2CC2)CC1. The molecule has 1 aliphatic heterocycles. The van der Waals surface area contributed by atoms with Crippen LogP contribution in [0.1, 0.15) is 32.1 Å². The summed E-state index contributed by atoms with van der Waals surface area (Å²) < 4.78 is 1.71. The standard InChI is InChI=1S/C14H23N5O.ClH/c20-14(5-9-19-10-6-16-17-19)18-7-3-13(4-8-18)15-11-12-1-2-12;/h6,10,12-13,15H,1-5,7-9,11H2;1H. The van der Waals surface area contributed by atoms with Crippen LogP contribution in [0, 0.1) is 5.92 Å². The van der Waals surface area contributed by atoms with E-state index in [0.717, 1.165) is 31.8 Å². The van der Waals surface area contributed by atoms with Gasteiger partial charge < -0.3 is 10.2 Å². The lowest BCUT2D eigenvalue weighted by atomic mass is 10.0. The Balaban J connectivity index is 0.00000161. The van der Waals surface area contributed by atoms with Crippen molar-refractivity contribution < 1.29 is 4.79 Å². The topological polar surface area (TPSA) is 63.1 Å². The summed E-state index contributed by atoms with van der Waals surface area (Å²) in [4.78, 5) is 14.1. The van der Waals surface area contributed by atoms with Gasteiger partial charge in [-0.3, -0.25) is 9.48 Å². The average molecular weight is 314 g/mol. The number of hydrogen-bond donors (Lipinski definition) is 1. The van der Waals surface area contributed by atoms with E-state index in [1.807, 2.05) is 4.90 Å². The van der Waals surface area contributed by atoms with E-state index in [4.69, 9.17) is 0 Å². The van der Waals surface area contributed by atoms with Crippen molar-refractivity contribution in [2.75, 3.05) is 19.6 Å². The summed E-state index contributed by atoms with van der Waals surface area (Å²) >= 11 is 0. The molecule has 1 aromatic rings. The van der Waals surface area contributed by atoms with Gasteiger partial charge in [-0.15, -0.1) is 17.5 Å². The molecule has 2 fully saturated rings. The van der Waals surface area contributed by atoms with Crippen LogP contribution >= 0.6 is 12.4 Å². The summed E-state index contributed by atoms with van der Waals surface area (Å²) in [6.07, 6.45) is 8.91. The molecule has 0 unspecified atom stereocenters. The first kappa shape index (κ1) is 16.2. The van der Waals surface area contributed by atoms with Crippen molar-refractivity contribution in [3.05, 3.63) is 12.4 Å². The lowest BCUT2D eigenvalue weighted by Gasteiger charge is -2.32. The molecular weight excluding hydrogens is 290 g/mol. The number of aryl methyl sites for hydroxylation is 1. The first-order chi connectivity index (χ1) is 9.81. The maximum atomic E-state index is 12.1. The van der Waals surface area contributed by atoms with Crippen molar-refractivity contribution in [1.82, 2.24) is 25.2 Å². The molecule has 1 N–H and O–H groups in total. The molecule has 0 spiro atoms. The molecular formula is C14H24ClN5O. The van der Waals surface area contributed by atoms with Crippen LogP contribution in [0.4, 0.5) is 0 Å². The number of nitrogens with one attached hydrogen (secondary N) is 1. The zero-order valence-corrected chi connectivity index (χ0v) is 13.1. The predicted octanol–water partition coefficient (Wildman–Crippen LogP) is 1.08. The molecule has 2 aliphatic rings. The van der Waals surface area contributed by atoms with E-state index in [0.29, 0.717) is 19.0 Å². The van der Waals surface area contributed by atoms with Gasteiger partial charge in [0.2, 0.25) is 5.91 Å². The molecule has 1 amide bonds. The lowest BCUT2D eigenvalue weighted by molar-refractivity contribution is -0.132. The van der Waals surface area contributed by atoms with Crippen LogP contribution < -0.4 is 5.32 Å². The quantitative estimate of drug-likeness (QED) is 0.853.